The van der Waals surface area contributed by atoms with Crippen molar-refractivity contribution in [3.63, 3.8) is 0 Å². The number of rotatable bonds is 1. The monoisotopic (exact) mass is 172 g/mol. The SMILES string of the molecule is CN(C)c1ccnc2ccccc12. The molecule has 0 saturated carbocycles. The van der Waals surface area contributed by atoms with E-state index in [-0.39, 0.29) is 0 Å². The molecule has 2 nitrogen and oxygen atoms in total. The maximum Gasteiger partial charge on any atom is 0.0722 e. The Balaban J connectivity index is 2.76. The third kappa shape index (κ3) is 1.35. The molecule has 0 aliphatic carbocycles. The fraction of sp³-hybridized carbons (Fsp3) is 0.182. The van der Waals surface area contributed by atoms with Crippen molar-refractivity contribution in [1.29, 1.82) is 0 Å². The zero-order chi connectivity index (χ0) is 9.26. The van der Waals surface area contributed by atoms with Gasteiger partial charge in [-0.3, -0.25) is 4.98 Å². The molecule has 66 valence electrons. The van der Waals surface area contributed by atoms with Gasteiger partial charge in [0.05, 0.1) is 5.52 Å². The Labute approximate surface area is 77.8 Å². The first-order chi connectivity index (χ1) is 6.29. The smallest absolute Gasteiger partial charge is 0.0722 e. The molecule has 1 aromatic heterocycles. The average Bonchev–Trinajstić information content (AvgIpc) is 2.17. The van der Waals surface area contributed by atoms with Crippen LogP contribution in [0.5, 0.6) is 0 Å². The van der Waals surface area contributed by atoms with Gasteiger partial charge in [-0.2, -0.15) is 0 Å². The van der Waals surface area contributed by atoms with Crippen molar-refractivity contribution < 1.29 is 0 Å². The number of benzene rings is 1. The van der Waals surface area contributed by atoms with Crippen LogP contribution in [0, 0.1) is 0 Å². The molecule has 0 fully saturated rings. The van der Waals surface area contributed by atoms with Gasteiger partial charge in [0.25, 0.3) is 0 Å². The molecule has 0 unspecified atom stereocenters. The third-order valence-electron chi connectivity index (χ3n) is 2.11. The van der Waals surface area contributed by atoms with Gasteiger partial charge in [-0.15, -0.1) is 0 Å². The minimum Gasteiger partial charge on any atom is -0.377 e. The molecule has 0 radical (unpaired) electrons. The summed E-state index contributed by atoms with van der Waals surface area (Å²) in [4.78, 5) is 6.40. The largest absolute Gasteiger partial charge is 0.377 e. The number of hydrogen-bond acceptors (Lipinski definition) is 2. The van der Waals surface area contributed by atoms with Gasteiger partial charge in [0, 0.05) is 31.4 Å². The Kier molecular flexibility index (Phi) is 1.89. The summed E-state index contributed by atoms with van der Waals surface area (Å²) in [6.07, 6.45) is 1.84. The van der Waals surface area contributed by atoms with E-state index in [1.54, 1.807) is 0 Å². The van der Waals surface area contributed by atoms with Crippen LogP contribution in [0.15, 0.2) is 36.5 Å². The molecule has 0 spiro atoms. The van der Waals surface area contributed by atoms with Crippen LogP contribution in [0.4, 0.5) is 5.69 Å². The average molecular weight is 172 g/mol. The maximum atomic E-state index is 4.30. The number of anilines is 1. The standard InChI is InChI=1S/C11H12N2/c1-13(2)11-7-8-12-10-6-4-3-5-9(10)11/h3-8H,1-2H3. The van der Waals surface area contributed by atoms with Crippen molar-refractivity contribution in [1.82, 2.24) is 4.98 Å². The van der Waals surface area contributed by atoms with Gasteiger partial charge < -0.3 is 4.90 Å². The van der Waals surface area contributed by atoms with Crippen LogP contribution >= 0.6 is 0 Å². The van der Waals surface area contributed by atoms with Gasteiger partial charge in [0.1, 0.15) is 0 Å². The number of aromatic nitrogens is 1. The number of nitrogens with zero attached hydrogens (tertiary/aromatic N) is 2. The van der Waals surface area contributed by atoms with E-state index in [1.165, 1.54) is 11.1 Å². The van der Waals surface area contributed by atoms with E-state index in [4.69, 9.17) is 0 Å². The highest BCUT2D eigenvalue weighted by Gasteiger charge is 2.01. The van der Waals surface area contributed by atoms with Crippen molar-refractivity contribution in [3.05, 3.63) is 36.5 Å². The lowest BCUT2D eigenvalue weighted by molar-refractivity contribution is 1.14. The lowest BCUT2D eigenvalue weighted by Gasteiger charge is -2.14. The van der Waals surface area contributed by atoms with E-state index < -0.39 is 0 Å². The van der Waals surface area contributed by atoms with Gasteiger partial charge in [-0.05, 0) is 12.1 Å². The van der Waals surface area contributed by atoms with Crippen molar-refractivity contribution >= 4 is 16.6 Å². The third-order valence-corrected chi connectivity index (χ3v) is 2.11. The van der Waals surface area contributed by atoms with Gasteiger partial charge >= 0.3 is 0 Å². The van der Waals surface area contributed by atoms with Crippen LogP contribution in [0.1, 0.15) is 0 Å². The van der Waals surface area contributed by atoms with Gasteiger partial charge in [0.2, 0.25) is 0 Å². The molecule has 2 heteroatoms. The van der Waals surface area contributed by atoms with E-state index in [9.17, 15) is 0 Å². The summed E-state index contributed by atoms with van der Waals surface area (Å²) in [7, 11) is 4.09. The Morgan fingerprint density at radius 2 is 1.85 bits per heavy atom. The van der Waals surface area contributed by atoms with E-state index >= 15 is 0 Å². The first-order valence-corrected chi connectivity index (χ1v) is 4.30. The molecular weight excluding hydrogens is 160 g/mol. The summed E-state index contributed by atoms with van der Waals surface area (Å²) < 4.78 is 0. The van der Waals surface area contributed by atoms with E-state index in [0.717, 1.165) is 5.52 Å². The molecular formula is C11H12N2. The quantitative estimate of drug-likeness (QED) is 0.656. The lowest BCUT2D eigenvalue weighted by atomic mass is 10.2. The summed E-state index contributed by atoms with van der Waals surface area (Å²) in [5, 5.41) is 1.20. The molecule has 2 aromatic rings. The number of fused-ring (bicyclic) bond motifs is 1. The second-order valence-corrected chi connectivity index (χ2v) is 3.24. The highest BCUT2D eigenvalue weighted by molar-refractivity contribution is 5.91. The summed E-state index contributed by atoms with van der Waals surface area (Å²) in [5.74, 6) is 0. The van der Waals surface area contributed by atoms with Crippen molar-refractivity contribution in [2.75, 3.05) is 19.0 Å². The summed E-state index contributed by atoms with van der Waals surface area (Å²) >= 11 is 0. The molecule has 0 bridgehead atoms. The zero-order valence-corrected chi connectivity index (χ0v) is 7.86. The predicted octanol–water partition coefficient (Wildman–Crippen LogP) is 2.30. The second-order valence-electron chi connectivity index (χ2n) is 3.24. The molecule has 0 N–H and O–H groups in total. The molecule has 0 aliphatic rings. The van der Waals surface area contributed by atoms with Crippen molar-refractivity contribution in [3.8, 4) is 0 Å². The first-order valence-electron chi connectivity index (χ1n) is 4.30. The Bertz CT molecular complexity index is 416. The Morgan fingerprint density at radius 3 is 2.62 bits per heavy atom. The molecule has 1 heterocycles. The highest BCUT2D eigenvalue weighted by Crippen LogP contribution is 2.22. The zero-order valence-electron chi connectivity index (χ0n) is 7.86. The summed E-state index contributed by atoms with van der Waals surface area (Å²) in [6.45, 7) is 0. The van der Waals surface area contributed by atoms with E-state index in [1.807, 2.05) is 44.6 Å². The molecule has 2 rings (SSSR count). The van der Waals surface area contributed by atoms with Gasteiger partial charge in [-0.25, -0.2) is 0 Å². The number of para-hydroxylation sites is 1. The lowest BCUT2D eigenvalue weighted by Crippen LogP contribution is -2.09. The fourth-order valence-electron chi connectivity index (χ4n) is 1.47. The molecule has 1 aromatic carbocycles. The van der Waals surface area contributed by atoms with Gasteiger partial charge in [-0.1, -0.05) is 18.2 Å². The molecule has 0 aliphatic heterocycles. The molecule has 13 heavy (non-hydrogen) atoms. The van der Waals surface area contributed by atoms with Gasteiger partial charge in [0.15, 0.2) is 0 Å². The molecule has 0 atom stereocenters. The van der Waals surface area contributed by atoms with Crippen LogP contribution in [-0.4, -0.2) is 19.1 Å². The van der Waals surface area contributed by atoms with Crippen LogP contribution in [0.2, 0.25) is 0 Å². The fourth-order valence-corrected chi connectivity index (χ4v) is 1.47. The highest BCUT2D eigenvalue weighted by atomic mass is 15.1. The van der Waals surface area contributed by atoms with Crippen LogP contribution in [-0.2, 0) is 0 Å². The predicted molar refractivity (Wildman–Crippen MR) is 56.1 cm³/mol. The van der Waals surface area contributed by atoms with E-state index in [2.05, 4.69) is 16.0 Å². The van der Waals surface area contributed by atoms with Crippen molar-refractivity contribution in [2.24, 2.45) is 0 Å². The molecule has 0 amide bonds. The molecule has 0 saturated heterocycles. The summed E-state index contributed by atoms with van der Waals surface area (Å²) in [5.41, 5.74) is 2.26. The minimum atomic E-state index is 1.05. The normalized spacial score (nSPS) is 10.3. The topological polar surface area (TPSA) is 16.1 Å². The van der Waals surface area contributed by atoms with Crippen molar-refractivity contribution in [2.45, 2.75) is 0 Å². The second kappa shape index (κ2) is 3.05. The Hall–Kier alpha value is -1.57. The number of pyridine rings is 1. The van der Waals surface area contributed by atoms with E-state index in [0.29, 0.717) is 0 Å². The minimum absolute atomic E-state index is 1.05. The maximum absolute atomic E-state index is 4.30. The van der Waals surface area contributed by atoms with Crippen LogP contribution < -0.4 is 4.90 Å². The Morgan fingerprint density at radius 1 is 1.08 bits per heavy atom. The van der Waals surface area contributed by atoms with Crippen LogP contribution in [0.3, 0.4) is 0 Å². The summed E-state index contributed by atoms with van der Waals surface area (Å²) in [6, 6.07) is 10.2. The number of hydrogen-bond donors (Lipinski definition) is 0. The first kappa shape index (κ1) is 8.05. The van der Waals surface area contributed by atoms with Crippen LogP contribution in [0.25, 0.3) is 10.9 Å².